The molecule has 0 aromatic heterocycles. The van der Waals surface area contributed by atoms with E-state index in [1.165, 1.54) is 34.6 Å². The van der Waals surface area contributed by atoms with Crippen LogP contribution in [0.1, 0.15) is 35.4 Å². The lowest BCUT2D eigenvalue weighted by Gasteiger charge is -2.39. The monoisotopic (exact) mass is 562 g/mol. The Bertz CT molecular complexity index is 1560. The summed E-state index contributed by atoms with van der Waals surface area (Å²) >= 11 is 0. The van der Waals surface area contributed by atoms with Crippen molar-refractivity contribution in [2.24, 2.45) is 0 Å². The smallest absolute Gasteiger partial charge is 0.159 e. The Morgan fingerprint density at radius 3 is 1.71 bits per heavy atom. The molecule has 0 N–H and O–H groups in total. The molecule has 0 bridgehead atoms. The summed E-state index contributed by atoms with van der Waals surface area (Å²) in [6, 6.07) is 42.1. The molecule has 206 valence electrons. The van der Waals surface area contributed by atoms with Crippen molar-refractivity contribution in [1.29, 1.82) is 0 Å². The molecule has 0 saturated carbocycles. The average molecular weight is 563 g/mol. The second-order valence-electron chi connectivity index (χ2n) is 11.3. The number of rotatable bonds is 7. The van der Waals surface area contributed by atoms with Crippen molar-refractivity contribution in [2.45, 2.75) is 43.7 Å². The van der Waals surface area contributed by atoms with Crippen molar-refractivity contribution in [1.82, 2.24) is 0 Å². The lowest BCUT2D eigenvalue weighted by Crippen LogP contribution is -2.59. The van der Waals surface area contributed by atoms with E-state index in [1.807, 2.05) is 30.3 Å². The molecule has 0 spiro atoms. The van der Waals surface area contributed by atoms with Crippen LogP contribution in [0.4, 0.5) is 13.2 Å². The highest BCUT2D eigenvalue weighted by Crippen LogP contribution is 2.39. The largest absolute Gasteiger partial charge is 0.206 e. The van der Waals surface area contributed by atoms with Crippen LogP contribution in [0.15, 0.2) is 121 Å². The molecule has 0 aliphatic carbocycles. The van der Waals surface area contributed by atoms with Gasteiger partial charge in [-0.15, -0.1) is 0 Å². The van der Waals surface area contributed by atoms with E-state index in [4.69, 9.17) is 0 Å². The Morgan fingerprint density at radius 2 is 1.12 bits per heavy atom. The summed E-state index contributed by atoms with van der Waals surface area (Å²) in [6.07, 6.45) is 3.45. The Hall–Kier alpha value is -3.89. The zero-order valence-corrected chi connectivity index (χ0v) is 24.0. The summed E-state index contributed by atoms with van der Waals surface area (Å²) < 4.78 is 42.1. The summed E-state index contributed by atoms with van der Waals surface area (Å²) in [5.74, 6) is -1.47. The Labute approximate surface area is 241 Å². The predicted molar refractivity (Wildman–Crippen MR) is 165 cm³/mol. The van der Waals surface area contributed by atoms with Crippen molar-refractivity contribution >= 4 is 18.4 Å². The molecule has 0 unspecified atom stereocenters. The van der Waals surface area contributed by atoms with E-state index in [1.54, 1.807) is 12.1 Å². The highest BCUT2D eigenvalue weighted by molar-refractivity contribution is 7.02. The van der Waals surface area contributed by atoms with Gasteiger partial charge in [0, 0.05) is 5.56 Å². The number of benzene rings is 5. The van der Waals surface area contributed by atoms with Gasteiger partial charge in [-0.05, 0) is 84.1 Å². The van der Waals surface area contributed by atoms with E-state index >= 15 is 4.39 Å². The standard InChI is InChI=1S/C37H33F3Si/c38-35-20-15-28(25-37(35)40)12-11-27-13-16-30(17-14-27)34-19-18-31(26-36(34)39)29-21-23-41(24-22-29,32-7-3-1-4-8-32)33-9-5-2-6-10-33/h1-10,13-20,25-26,29H,11-12,21-24H2. The highest BCUT2D eigenvalue weighted by atomic mass is 28.3. The maximum atomic E-state index is 15.5. The van der Waals surface area contributed by atoms with Gasteiger partial charge in [0.05, 0.1) is 0 Å². The molecule has 5 aromatic carbocycles. The number of halogens is 3. The summed E-state index contributed by atoms with van der Waals surface area (Å²) in [7, 11) is -1.86. The number of hydrogen-bond donors (Lipinski definition) is 0. The van der Waals surface area contributed by atoms with Crippen LogP contribution in [0.25, 0.3) is 11.1 Å². The van der Waals surface area contributed by atoms with Gasteiger partial charge >= 0.3 is 0 Å². The predicted octanol–water partition coefficient (Wildman–Crippen LogP) is 8.70. The van der Waals surface area contributed by atoms with Crippen LogP contribution in [-0.2, 0) is 12.8 Å². The minimum absolute atomic E-state index is 0.183. The molecule has 5 aromatic rings. The third-order valence-corrected chi connectivity index (χ3v) is 14.1. The zero-order chi connectivity index (χ0) is 28.2. The normalized spacial score (nSPS) is 15.1. The van der Waals surface area contributed by atoms with Gasteiger partial charge < -0.3 is 0 Å². The second-order valence-corrected chi connectivity index (χ2v) is 15.6. The maximum absolute atomic E-state index is 15.5. The molecule has 41 heavy (non-hydrogen) atoms. The molecule has 1 aliphatic rings. The molecule has 1 aliphatic heterocycles. The SMILES string of the molecule is Fc1ccc(CCc2ccc(-c3ccc(C4CC[Si](c5ccccc5)(c5ccccc5)CC4)cc3F)cc2)cc1F. The van der Waals surface area contributed by atoms with E-state index in [9.17, 15) is 8.78 Å². The first-order valence-electron chi connectivity index (χ1n) is 14.5. The van der Waals surface area contributed by atoms with Crippen molar-refractivity contribution in [3.63, 3.8) is 0 Å². The van der Waals surface area contributed by atoms with Gasteiger partial charge in [0.15, 0.2) is 11.6 Å². The van der Waals surface area contributed by atoms with Gasteiger partial charge in [0.2, 0.25) is 0 Å². The van der Waals surface area contributed by atoms with Gasteiger partial charge in [0.25, 0.3) is 0 Å². The topological polar surface area (TPSA) is 0 Å². The third-order valence-electron chi connectivity index (χ3n) is 8.91. The Balaban J connectivity index is 1.14. The van der Waals surface area contributed by atoms with Crippen molar-refractivity contribution in [3.05, 3.63) is 155 Å². The van der Waals surface area contributed by atoms with Crippen LogP contribution in [0.2, 0.25) is 12.1 Å². The first-order valence-corrected chi connectivity index (χ1v) is 16.9. The quantitative estimate of drug-likeness (QED) is 0.174. The van der Waals surface area contributed by atoms with Gasteiger partial charge in [-0.2, -0.15) is 0 Å². The summed E-state index contributed by atoms with van der Waals surface area (Å²) in [6.45, 7) is 0. The molecule has 1 saturated heterocycles. The van der Waals surface area contributed by atoms with Gasteiger partial charge in [-0.1, -0.05) is 114 Å². The molecular formula is C37H33F3Si. The molecule has 4 heteroatoms. The van der Waals surface area contributed by atoms with Gasteiger partial charge in [-0.25, -0.2) is 13.2 Å². The average Bonchev–Trinajstić information content (AvgIpc) is 3.03. The highest BCUT2D eigenvalue weighted by Gasteiger charge is 2.41. The molecular weight excluding hydrogens is 529 g/mol. The second kappa shape index (κ2) is 11.9. The minimum atomic E-state index is -1.86. The van der Waals surface area contributed by atoms with Crippen LogP contribution < -0.4 is 10.4 Å². The van der Waals surface area contributed by atoms with Crippen molar-refractivity contribution < 1.29 is 13.2 Å². The Morgan fingerprint density at radius 1 is 0.537 bits per heavy atom. The molecule has 1 heterocycles. The molecule has 0 radical (unpaired) electrons. The van der Waals surface area contributed by atoms with Crippen LogP contribution in [0, 0.1) is 17.5 Å². The number of hydrogen-bond acceptors (Lipinski definition) is 0. The van der Waals surface area contributed by atoms with E-state index in [0.717, 1.165) is 35.1 Å². The fraction of sp³-hybridized carbons (Fsp3) is 0.189. The van der Waals surface area contributed by atoms with Crippen LogP contribution in [0.3, 0.4) is 0 Å². The summed E-state index contributed by atoms with van der Waals surface area (Å²) in [5, 5.41) is 3.00. The van der Waals surface area contributed by atoms with Gasteiger partial charge in [0.1, 0.15) is 13.9 Å². The first-order chi connectivity index (χ1) is 20.0. The van der Waals surface area contributed by atoms with E-state index in [2.05, 4.69) is 66.7 Å². The molecule has 0 atom stereocenters. The number of aryl methyl sites for hydroxylation is 2. The zero-order valence-electron chi connectivity index (χ0n) is 23.0. The molecule has 0 amide bonds. The molecule has 0 nitrogen and oxygen atoms in total. The summed E-state index contributed by atoms with van der Waals surface area (Å²) in [4.78, 5) is 0. The van der Waals surface area contributed by atoms with Crippen molar-refractivity contribution in [2.75, 3.05) is 0 Å². The molecule has 1 fully saturated rings. The molecule has 6 rings (SSSR count). The lowest BCUT2D eigenvalue weighted by atomic mass is 9.91. The van der Waals surface area contributed by atoms with Crippen molar-refractivity contribution in [3.8, 4) is 11.1 Å². The van der Waals surface area contributed by atoms with Crippen LogP contribution in [-0.4, -0.2) is 8.07 Å². The maximum Gasteiger partial charge on any atom is 0.159 e. The van der Waals surface area contributed by atoms with Crippen LogP contribution in [0.5, 0.6) is 0 Å². The van der Waals surface area contributed by atoms with E-state index < -0.39 is 19.7 Å². The van der Waals surface area contributed by atoms with Crippen LogP contribution >= 0.6 is 0 Å². The lowest BCUT2D eigenvalue weighted by molar-refractivity contribution is 0.507. The summed E-state index contributed by atoms with van der Waals surface area (Å²) in [5.41, 5.74) is 4.37. The Kier molecular flexibility index (Phi) is 7.93. The minimum Gasteiger partial charge on any atom is -0.206 e. The van der Waals surface area contributed by atoms with E-state index in [0.29, 0.717) is 24.3 Å². The third kappa shape index (κ3) is 5.80. The van der Waals surface area contributed by atoms with E-state index in [-0.39, 0.29) is 5.82 Å². The van der Waals surface area contributed by atoms with Gasteiger partial charge in [-0.3, -0.25) is 0 Å². The fourth-order valence-electron chi connectivity index (χ4n) is 6.56. The fourth-order valence-corrected chi connectivity index (χ4v) is 11.6. The first kappa shape index (κ1) is 27.3.